The average molecular weight is 681 g/mol. The van der Waals surface area contributed by atoms with Gasteiger partial charge in [0, 0.05) is 58.5 Å². The maximum absolute atomic E-state index is 12.9. The maximum Gasteiger partial charge on any atom is 0.349 e. The van der Waals surface area contributed by atoms with E-state index in [9.17, 15) is 14.4 Å². The Labute approximate surface area is 278 Å². The standard InChI is InChI=1S/C32H29Cl2N7O3S.H2O/c1-32(2,26-23(33)16-22(17-24(26)34)41-31(44)38-25(42)18-36-41)29-39-27(19-7-4-3-5-8-19)28(45-29)20-9-6-10-21(15-20)37-30(43)40-13-11-35-12-14-40;/h3-10,15-18,35H,11-14H2,1-2H3,(H,37,43)(H,38,42,44);1H2. The molecule has 0 radical (unpaired) electrons. The highest BCUT2D eigenvalue weighted by atomic mass is 35.5. The molecule has 0 bridgehead atoms. The average Bonchev–Trinajstić information content (AvgIpc) is 3.48. The molecule has 5 N–H and O–H groups in total. The summed E-state index contributed by atoms with van der Waals surface area (Å²) in [7, 11) is 0. The van der Waals surface area contributed by atoms with Crippen LogP contribution < -0.4 is 21.9 Å². The minimum Gasteiger partial charge on any atom is -0.412 e. The Bertz CT molecular complexity index is 1980. The molecule has 46 heavy (non-hydrogen) atoms. The van der Waals surface area contributed by atoms with Crippen molar-refractivity contribution < 1.29 is 10.3 Å². The van der Waals surface area contributed by atoms with Crippen LogP contribution in [-0.2, 0) is 5.41 Å². The van der Waals surface area contributed by atoms with Gasteiger partial charge in [0.05, 0.1) is 16.3 Å². The van der Waals surface area contributed by atoms with Crippen molar-refractivity contribution in [2.45, 2.75) is 19.3 Å². The molecule has 0 spiro atoms. The van der Waals surface area contributed by atoms with Crippen molar-refractivity contribution in [2.75, 3.05) is 31.5 Å². The van der Waals surface area contributed by atoms with Gasteiger partial charge >= 0.3 is 11.7 Å². The summed E-state index contributed by atoms with van der Waals surface area (Å²) in [5, 5.41) is 11.6. The number of halogens is 2. The zero-order chi connectivity index (χ0) is 31.7. The number of hydrogen-bond donors (Lipinski definition) is 3. The molecule has 0 atom stereocenters. The van der Waals surface area contributed by atoms with E-state index in [0.29, 0.717) is 40.1 Å². The predicted octanol–water partition coefficient (Wildman–Crippen LogP) is 4.96. The second kappa shape index (κ2) is 13.6. The third-order valence-electron chi connectivity index (χ3n) is 7.60. The van der Waals surface area contributed by atoms with Crippen LogP contribution in [0.25, 0.3) is 27.4 Å². The minimum absolute atomic E-state index is 0. The van der Waals surface area contributed by atoms with Crippen LogP contribution in [0.1, 0.15) is 24.4 Å². The lowest BCUT2D eigenvalue weighted by Gasteiger charge is -2.27. The number of H-pyrrole nitrogens is 1. The van der Waals surface area contributed by atoms with E-state index in [-0.39, 0.29) is 11.5 Å². The molecule has 6 rings (SSSR count). The van der Waals surface area contributed by atoms with Crippen molar-refractivity contribution in [3.63, 3.8) is 0 Å². The number of aromatic nitrogens is 4. The molecular formula is C32H31Cl2N7O4S. The molecular weight excluding hydrogens is 649 g/mol. The number of nitrogens with one attached hydrogen (secondary N) is 3. The summed E-state index contributed by atoms with van der Waals surface area (Å²) in [6, 6.07) is 20.7. The molecule has 11 nitrogen and oxygen atoms in total. The molecule has 3 heterocycles. The fraction of sp³-hybridized carbons (Fsp3) is 0.219. The van der Waals surface area contributed by atoms with Gasteiger partial charge in [-0.05, 0) is 43.7 Å². The van der Waals surface area contributed by atoms with E-state index >= 15 is 0 Å². The number of anilines is 1. The molecule has 0 aliphatic carbocycles. The normalized spacial score (nSPS) is 13.3. The lowest BCUT2D eigenvalue weighted by molar-refractivity contribution is 0.204. The third-order valence-corrected chi connectivity index (χ3v) is 9.62. The summed E-state index contributed by atoms with van der Waals surface area (Å²) < 4.78 is 1.03. The Morgan fingerprint density at radius 3 is 2.30 bits per heavy atom. The van der Waals surface area contributed by atoms with Gasteiger partial charge in [-0.1, -0.05) is 65.7 Å². The Kier molecular flexibility index (Phi) is 9.75. The largest absolute Gasteiger partial charge is 0.412 e. The van der Waals surface area contributed by atoms with Crippen LogP contribution in [0, 0.1) is 0 Å². The SMILES string of the molecule is CC(C)(c1nc(-c2ccccc2)c(-c2cccc(NC(=O)N3CCNCC3)c2)s1)c1c(Cl)cc(-n2ncc(=O)[nH]c2=O)cc1Cl.O. The summed E-state index contributed by atoms with van der Waals surface area (Å²) in [6.07, 6.45) is 1.01. The van der Waals surface area contributed by atoms with Crippen molar-refractivity contribution in [2.24, 2.45) is 0 Å². The summed E-state index contributed by atoms with van der Waals surface area (Å²) in [5.41, 5.74) is 2.21. The summed E-state index contributed by atoms with van der Waals surface area (Å²) in [4.78, 5) is 46.8. The van der Waals surface area contributed by atoms with Gasteiger partial charge < -0.3 is 21.0 Å². The number of carbonyl (C=O) groups excluding carboxylic acids is 1. The number of thiazole rings is 1. The zero-order valence-electron chi connectivity index (χ0n) is 24.9. The summed E-state index contributed by atoms with van der Waals surface area (Å²) in [5.74, 6) is 0. The quantitative estimate of drug-likeness (QED) is 0.230. The molecule has 0 saturated carbocycles. The molecule has 3 aromatic carbocycles. The Morgan fingerprint density at radius 2 is 1.63 bits per heavy atom. The van der Waals surface area contributed by atoms with Crippen molar-refractivity contribution in [1.29, 1.82) is 0 Å². The Hall–Kier alpha value is -4.33. The van der Waals surface area contributed by atoms with Gasteiger partial charge in [0.1, 0.15) is 11.2 Å². The first-order valence-corrected chi connectivity index (χ1v) is 15.8. The highest BCUT2D eigenvalue weighted by Crippen LogP contribution is 2.47. The number of nitrogens with zero attached hydrogens (tertiary/aromatic N) is 4. The molecule has 2 aromatic heterocycles. The van der Waals surface area contributed by atoms with E-state index < -0.39 is 16.7 Å². The molecule has 0 unspecified atom stereocenters. The van der Waals surface area contributed by atoms with Gasteiger partial charge in [-0.25, -0.2) is 14.6 Å². The number of rotatable bonds is 6. The highest BCUT2D eigenvalue weighted by Gasteiger charge is 2.34. The number of piperazine rings is 1. The number of benzene rings is 3. The Morgan fingerprint density at radius 1 is 0.957 bits per heavy atom. The van der Waals surface area contributed by atoms with E-state index in [0.717, 1.165) is 50.7 Å². The van der Waals surface area contributed by atoms with E-state index in [1.54, 1.807) is 17.0 Å². The van der Waals surface area contributed by atoms with Gasteiger partial charge in [0.2, 0.25) is 0 Å². The van der Waals surface area contributed by atoms with Crippen LogP contribution in [-0.4, -0.2) is 62.3 Å². The molecule has 2 amide bonds. The van der Waals surface area contributed by atoms with Crippen molar-refractivity contribution in [1.82, 2.24) is 30.0 Å². The topological polar surface area (TPSA) is 157 Å². The number of aromatic amines is 1. The molecule has 5 aromatic rings. The summed E-state index contributed by atoms with van der Waals surface area (Å²) in [6.45, 7) is 6.83. The van der Waals surface area contributed by atoms with Crippen LogP contribution in [0.15, 0.2) is 82.5 Å². The second-order valence-electron chi connectivity index (χ2n) is 11.1. The van der Waals surface area contributed by atoms with Crippen molar-refractivity contribution in [3.05, 3.63) is 114 Å². The first-order valence-electron chi connectivity index (χ1n) is 14.2. The second-order valence-corrected chi connectivity index (χ2v) is 12.9. The molecule has 1 saturated heterocycles. The van der Waals surface area contributed by atoms with E-state index in [4.69, 9.17) is 28.2 Å². The van der Waals surface area contributed by atoms with Crippen LogP contribution in [0.5, 0.6) is 0 Å². The Balaban J connectivity index is 0.00000417. The maximum atomic E-state index is 12.9. The van der Waals surface area contributed by atoms with E-state index in [1.165, 1.54) is 11.3 Å². The first kappa shape index (κ1) is 33.0. The van der Waals surface area contributed by atoms with Gasteiger partial charge in [-0.2, -0.15) is 9.78 Å². The molecule has 1 fully saturated rings. The van der Waals surface area contributed by atoms with Crippen LogP contribution >= 0.6 is 34.5 Å². The summed E-state index contributed by atoms with van der Waals surface area (Å²) >= 11 is 15.2. The molecule has 14 heteroatoms. The predicted molar refractivity (Wildman–Crippen MR) is 183 cm³/mol. The van der Waals surface area contributed by atoms with Gasteiger partial charge in [0.15, 0.2) is 0 Å². The molecule has 1 aliphatic heterocycles. The monoisotopic (exact) mass is 679 g/mol. The third kappa shape index (κ3) is 6.62. The van der Waals surface area contributed by atoms with Gasteiger partial charge in [-0.15, -0.1) is 11.3 Å². The smallest absolute Gasteiger partial charge is 0.349 e. The number of hydrogen-bond acceptors (Lipinski definition) is 7. The van der Waals surface area contributed by atoms with E-state index in [2.05, 4.69) is 20.7 Å². The van der Waals surface area contributed by atoms with Crippen LogP contribution in [0.2, 0.25) is 10.0 Å². The van der Waals surface area contributed by atoms with Gasteiger partial charge in [-0.3, -0.25) is 9.78 Å². The fourth-order valence-corrected chi connectivity index (χ4v) is 7.45. The lowest BCUT2D eigenvalue weighted by atomic mass is 9.85. The molecule has 238 valence electrons. The highest BCUT2D eigenvalue weighted by molar-refractivity contribution is 7.16. The number of carbonyl (C=O) groups is 1. The number of amides is 2. The van der Waals surface area contributed by atoms with Gasteiger partial charge in [0.25, 0.3) is 5.56 Å². The number of urea groups is 1. The fourth-order valence-electron chi connectivity index (χ4n) is 5.31. The first-order chi connectivity index (χ1) is 21.6. The minimum atomic E-state index is -0.753. The van der Waals surface area contributed by atoms with E-state index in [1.807, 2.05) is 68.4 Å². The van der Waals surface area contributed by atoms with Crippen molar-refractivity contribution in [3.8, 4) is 27.4 Å². The lowest BCUT2D eigenvalue weighted by Crippen LogP contribution is -2.48. The van der Waals surface area contributed by atoms with Crippen LogP contribution in [0.3, 0.4) is 0 Å². The zero-order valence-corrected chi connectivity index (χ0v) is 27.3. The molecule has 1 aliphatic rings. The van der Waals surface area contributed by atoms with Crippen molar-refractivity contribution >= 4 is 46.3 Å². The van der Waals surface area contributed by atoms with Crippen LogP contribution in [0.4, 0.5) is 10.5 Å².